The molecule has 1 aromatic rings. The van der Waals surface area contributed by atoms with Crippen LogP contribution in [0, 0.1) is 0 Å². The molecule has 0 spiro atoms. The summed E-state index contributed by atoms with van der Waals surface area (Å²) in [6.45, 7) is 5.85. The standard InChI is InChI=1S/C10H15N3OS/c1-3-13(4-2)10-11-8-6-15-5-7(8)9(14)12-10/h3-6H2,1-2H3,(H,11,12,14). The Hall–Kier alpha value is -0.970. The van der Waals surface area contributed by atoms with E-state index in [0.29, 0.717) is 5.95 Å². The lowest BCUT2D eigenvalue weighted by molar-refractivity contribution is 0.807. The molecule has 0 atom stereocenters. The highest BCUT2D eigenvalue weighted by Gasteiger charge is 2.18. The van der Waals surface area contributed by atoms with Crippen LogP contribution in [0.25, 0.3) is 0 Å². The fraction of sp³-hybridized carbons (Fsp3) is 0.600. The number of thioether (sulfide) groups is 1. The molecular weight excluding hydrogens is 210 g/mol. The highest BCUT2D eigenvalue weighted by molar-refractivity contribution is 7.98. The quantitative estimate of drug-likeness (QED) is 0.844. The lowest BCUT2D eigenvalue weighted by atomic mass is 10.3. The van der Waals surface area contributed by atoms with Gasteiger partial charge in [-0.15, -0.1) is 0 Å². The van der Waals surface area contributed by atoms with Gasteiger partial charge in [0.2, 0.25) is 5.95 Å². The summed E-state index contributed by atoms with van der Waals surface area (Å²) >= 11 is 1.75. The van der Waals surface area contributed by atoms with Crippen molar-refractivity contribution in [3.05, 3.63) is 21.6 Å². The average Bonchev–Trinajstić information content (AvgIpc) is 2.68. The first-order valence-corrected chi connectivity index (χ1v) is 6.36. The minimum absolute atomic E-state index is 0.0342. The van der Waals surface area contributed by atoms with E-state index >= 15 is 0 Å². The van der Waals surface area contributed by atoms with Crippen molar-refractivity contribution < 1.29 is 0 Å². The Bertz CT molecular complexity index is 412. The minimum Gasteiger partial charge on any atom is -0.343 e. The van der Waals surface area contributed by atoms with Crippen LogP contribution in [0.3, 0.4) is 0 Å². The zero-order valence-electron chi connectivity index (χ0n) is 9.04. The maximum absolute atomic E-state index is 11.7. The number of hydrogen-bond donors (Lipinski definition) is 1. The van der Waals surface area contributed by atoms with Crippen molar-refractivity contribution in [1.82, 2.24) is 9.97 Å². The fourth-order valence-electron chi connectivity index (χ4n) is 1.72. The SMILES string of the molecule is CCN(CC)c1nc2c(c(=O)[nH]1)CSC2. The number of anilines is 1. The molecule has 0 saturated heterocycles. The average molecular weight is 225 g/mol. The minimum atomic E-state index is 0.0342. The zero-order valence-corrected chi connectivity index (χ0v) is 9.86. The molecule has 1 N–H and O–H groups in total. The molecule has 0 bridgehead atoms. The number of hydrogen-bond acceptors (Lipinski definition) is 4. The lowest BCUT2D eigenvalue weighted by Crippen LogP contribution is -2.28. The molecule has 2 rings (SSSR count). The normalized spacial score (nSPS) is 14.0. The first-order valence-electron chi connectivity index (χ1n) is 5.21. The van der Waals surface area contributed by atoms with Crippen LogP contribution in [0.15, 0.2) is 4.79 Å². The number of aromatic amines is 1. The van der Waals surface area contributed by atoms with Crippen molar-refractivity contribution in [2.45, 2.75) is 25.4 Å². The van der Waals surface area contributed by atoms with E-state index < -0.39 is 0 Å². The summed E-state index contributed by atoms with van der Waals surface area (Å²) < 4.78 is 0. The van der Waals surface area contributed by atoms with Gasteiger partial charge in [-0.25, -0.2) is 4.98 Å². The molecule has 1 aliphatic rings. The number of fused-ring (bicyclic) bond motifs is 1. The predicted molar refractivity (Wildman–Crippen MR) is 63.4 cm³/mol. The van der Waals surface area contributed by atoms with Gasteiger partial charge >= 0.3 is 0 Å². The number of aromatic nitrogens is 2. The molecule has 4 nitrogen and oxygen atoms in total. The second-order valence-electron chi connectivity index (χ2n) is 3.48. The first-order chi connectivity index (χ1) is 7.26. The molecule has 15 heavy (non-hydrogen) atoms. The van der Waals surface area contributed by atoms with Gasteiger partial charge in [0.15, 0.2) is 0 Å². The van der Waals surface area contributed by atoms with Crippen molar-refractivity contribution in [2.24, 2.45) is 0 Å². The van der Waals surface area contributed by atoms with Gasteiger partial charge in [-0.05, 0) is 13.8 Å². The van der Waals surface area contributed by atoms with Crippen molar-refractivity contribution >= 4 is 17.7 Å². The van der Waals surface area contributed by atoms with Crippen molar-refractivity contribution in [3.63, 3.8) is 0 Å². The second-order valence-corrected chi connectivity index (χ2v) is 4.47. The van der Waals surface area contributed by atoms with Gasteiger partial charge in [0.25, 0.3) is 5.56 Å². The summed E-state index contributed by atoms with van der Waals surface area (Å²) in [5.41, 5.74) is 1.86. The first kappa shape index (κ1) is 10.5. The summed E-state index contributed by atoms with van der Waals surface area (Å²) in [5, 5.41) is 0. The van der Waals surface area contributed by atoms with Crippen LogP contribution in [0.2, 0.25) is 0 Å². The van der Waals surface area contributed by atoms with Crippen molar-refractivity contribution in [1.29, 1.82) is 0 Å². The molecule has 0 unspecified atom stereocenters. The van der Waals surface area contributed by atoms with Crippen LogP contribution >= 0.6 is 11.8 Å². The Morgan fingerprint density at radius 3 is 2.80 bits per heavy atom. The summed E-state index contributed by atoms with van der Waals surface area (Å²) in [5.74, 6) is 2.38. The summed E-state index contributed by atoms with van der Waals surface area (Å²) in [6.07, 6.45) is 0. The summed E-state index contributed by atoms with van der Waals surface area (Å²) in [4.78, 5) is 21.2. The molecule has 1 aromatic heterocycles. The lowest BCUT2D eigenvalue weighted by Gasteiger charge is -2.19. The topological polar surface area (TPSA) is 49.0 Å². The Labute approximate surface area is 93.1 Å². The maximum Gasteiger partial charge on any atom is 0.256 e. The van der Waals surface area contributed by atoms with Gasteiger partial charge in [-0.3, -0.25) is 9.78 Å². The van der Waals surface area contributed by atoms with Gasteiger partial charge in [-0.2, -0.15) is 11.8 Å². The second kappa shape index (κ2) is 4.26. The predicted octanol–water partition coefficient (Wildman–Crippen LogP) is 1.36. The molecule has 0 aliphatic carbocycles. The third-order valence-electron chi connectivity index (χ3n) is 2.64. The van der Waals surface area contributed by atoms with E-state index in [9.17, 15) is 4.79 Å². The molecule has 0 saturated carbocycles. The van der Waals surface area contributed by atoms with Gasteiger partial charge in [0.05, 0.1) is 5.69 Å². The van der Waals surface area contributed by atoms with Crippen LogP contribution in [0.1, 0.15) is 25.1 Å². The van der Waals surface area contributed by atoms with Gasteiger partial charge in [0.1, 0.15) is 0 Å². The van der Waals surface area contributed by atoms with E-state index in [1.54, 1.807) is 11.8 Å². The molecular formula is C10H15N3OS. The van der Waals surface area contributed by atoms with Gasteiger partial charge in [0, 0.05) is 30.2 Å². The Balaban J connectivity index is 2.43. The van der Waals surface area contributed by atoms with Crippen molar-refractivity contribution in [2.75, 3.05) is 18.0 Å². The fourth-order valence-corrected chi connectivity index (χ4v) is 2.76. The van der Waals surface area contributed by atoms with E-state index in [0.717, 1.165) is 35.9 Å². The number of nitrogens with zero attached hydrogens (tertiary/aromatic N) is 2. The Morgan fingerprint density at radius 2 is 2.13 bits per heavy atom. The van der Waals surface area contributed by atoms with E-state index in [1.807, 2.05) is 0 Å². The highest BCUT2D eigenvalue weighted by atomic mass is 32.2. The van der Waals surface area contributed by atoms with Crippen LogP contribution in [0.5, 0.6) is 0 Å². The Morgan fingerprint density at radius 1 is 1.40 bits per heavy atom. The highest BCUT2D eigenvalue weighted by Crippen LogP contribution is 2.26. The van der Waals surface area contributed by atoms with E-state index in [1.165, 1.54) is 0 Å². The molecule has 82 valence electrons. The van der Waals surface area contributed by atoms with Crippen LogP contribution in [-0.4, -0.2) is 23.1 Å². The Kier molecular flexibility index (Phi) is 3.00. The molecule has 2 heterocycles. The molecule has 0 aromatic carbocycles. The molecule has 5 heteroatoms. The van der Waals surface area contributed by atoms with Gasteiger partial charge in [-0.1, -0.05) is 0 Å². The summed E-state index contributed by atoms with van der Waals surface area (Å²) in [7, 11) is 0. The van der Waals surface area contributed by atoms with Crippen LogP contribution in [0.4, 0.5) is 5.95 Å². The molecule has 0 amide bonds. The maximum atomic E-state index is 11.7. The monoisotopic (exact) mass is 225 g/mol. The summed E-state index contributed by atoms with van der Waals surface area (Å²) in [6, 6.07) is 0. The number of rotatable bonds is 3. The van der Waals surface area contributed by atoms with Gasteiger partial charge < -0.3 is 4.90 Å². The number of nitrogens with one attached hydrogen (secondary N) is 1. The largest absolute Gasteiger partial charge is 0.343 e. The van der Waals surface area contributed by atoms with Crippen LogP contribution < -0.4 is 10.5 Å². The molecule has 1 aliphatic heterocycles. The number of H-pyrrole nitrogens is 1. The van der Waals surface area contributed by atoms with Crippen molar-refractivity contribution in [3.8, 4) is 0 Å². The zero-order chi connectivity index (χ0) is 10.8. The van der Waals surface area contributed by atoms with Crippen LogP contribution in [-0.2, 0) is 11.5 Å². The smallest absolute Gasteiger partial charge is 0.256 e. The third kappa shape index (κ3) is 1.88. The van der Waals surface area contributed by atoms with E-state index in [-0.39, 0.29) is 5.56 Å². The van der Waals surface area contributed by atoms with E-state index in [2.05, 4.69) is 28.7 Å². The van der Waals surface area contributed by atoms with E-state index in [4.69, 9.17) is 0 Å². The third-order valence-corrected chi connectivity index (χ3v) is 3.61. The molecule has 0 radical (unpaired) electrons. The molecule has 0 fully saturated rings.